The molecule has 0 radical (unpaired) electrons. The Kier molecular flexibility index (Phi) is 7.50. The lowest BCUT2D eigenvalue weighted by atomic mass is 10.1. The average molecular weight is 504 g/mol. The van der Waals surface area contributed by atoms with Gasteiger partial charge in [-0.1, -0.05) is 48.0 Å². The number of furan rings is 1. The summed E-state index contributed by atoms with van der Waals surface area (Å²) in [4.78, 5) is 25.9. The van der Waals surface area contributed by atoms with Crippen LogP contribution in [0.15, 0.2) is 107 Å². The molecule has 4 aromatic rings. The number of aryl methyl sites for hydroxylation is 1. The summed E-state index contributed by atoms with van der Waals surface area (Å²) < 4.78 is 33.2. The van der Waals surface area contributed by atoms with Crippen molar-refractivity contribution in [1.29, 1.82) is 0 Å². The largest absolute Gasteiger partial charge is 0.467 e. The minimum Gasteiger partial charge on any atom is -0.467 e. The van der Waals surface area contributed by atoms with E-state index in [2.05, 4.69) is 10.6 Å². The zero-order valence-electron chi connectivity index (χ0n) is 19.5. The van der Waals surface area contributed by atoms with Crippen molar-refractivity contribution in [2.75, 3.05) is 16.2 Å². The molecule has 0 aliphatic heterocycles. The van der Waals surface area contributed by atoms with Crippen LogP contribution in [0.25, 0.3) is 0 Å². The molecule has 0 unspecified atom stereocenters. The fraction of sp³-hybridized carbons (Fsp3) is 0.111. The molecule has 3 aromatic carbocycles. The van der Waals surface area contributed by atoms with Crippen LogP contribution < -0.4 is 14.9 Å². The van der Waals surface area contributed by atoms with Crippen LogP contribution in [0, 0.1) is 6.92 Å². The van der Waals surface area contributed by atoms with Crippen LogP contribution in [-0.2, 0) is 21.4 Å². The SMILES string of the molecule is Cc1ccc(N(CC(=O)Nc2ccccc2C(=O)NCc2ccco2)S(=O)(=O)c2ccccc2)cc1. The minimum atomic E-state index is -4.03. The van der Waals surface area contributed by atoms with Crippen LogP contribution in [0.3, 0.4) is 0 Å². The van der Waals surface area contributed by atoms with E-state index in [-0.39, 0.29) is 22.7 Å². The van der Waals surface area contributed by atoms with E-state index in [0.717, 1.165) is 9.87 Å². The van der Waals surface area contributed by atoms with E-state index in [9.17, 15) is 18.0 Å². The van der Waals surface area contributed by atoms with Crippen molar-refractivity contribution in [2.24, 2.45) is 0 Å². The van der Waals surface area contributed by atoms with E-state index in [0.29, 0.717) is 11.4 Å². The predicted octanol–water partition coefficient (Wildman–Crippen LogP) is 4.35. The fourth-order valence-corrected chi connectivity index (χ4v) is 4.97. The van der Waals surface area contributed by atoms with E-state index >= 15 is 0 Å². The number of carbonyl (C=O) groups is 2. The Morgan fingerprint density at radius 3 is 2.25 bits per heavy atom. The summed E-state index contributed by atoms with van der Waals surface area (Å²) in [6, 6.07) is 24.8. The Hall–Kier alpha value is -4.37. The molecule has 1 heterocycles. The van der Waals surface area contributed by atoms with Crippen LogP contribution in [0.2, 0.25) is 0 Å². The third-order valence-electron chi connectivity index (χ3n) is 5.39. The van der Waals surface area contributed by atoms with Crippen molar-refractivity contribution in [3.63, 3.8) is 0 Å². The van der Waals surface area contributed by atoms with Gasteiger partial charge in [0.05, 0.1) is 34.6 Å². The molecule has 1 aromatic heterocycles. The van der Waals surface area contributed by atoms with E-state index in [1.54, 1.807) is 78.9 Å². The van der Waals surface area contributed by atoms with E-state index in [4.69, 9.17) is 4.42 Å². The Labute approximate surface area is 209 Å². The van der Waals surface area contributed by atoms with Crippen LogP contribution in [0.5, 0.6) is 0 Å². The third kappa shape index (κ3) is 5.81. The first-order valence-electron chi connectivity index (χ1n) is 11.2. The highest BCUT2D eigenvalue weighted by atomic mass is 32.2. The van der Waals surface area contributed by atoms with Crippen molar-refractivity contribution in [3.05, 3.63) is 114 Å². The topological polar surface area (TPSA) is 109 Å². The summed E-state index contributed by atoms with van der Waals surface area (Å²) in [5, 5.41) is 5.43. The normalized spacial score (nSPS) is 11.0. The molecule has 2 N–H and O–H groups in total. The number of nitrogens with zero attached hydrogens (tertiary/aromatic N) is 1. The van der Waals surface area contributed by atoms with Gasteiger partial charge in [0, 0.05) is 0 Å². The quantitative estimate of drug-likeness (QED) is 0.353. The molecule has 36 heavy (non-hydrogen) atoms. The molecule has 0 atom stereocenters. The summed E-state index contributed by atoms with van der Waals surface area (Å²) in [5.41, 5.74) is 1.81. The van der Waals surface area contributed by atoms with E-state index in [1.165, 1.54) is 18.4 Å². The smallest absolute Gasteiger partial charge is 0.264 e. The Balaban J connectivity index is 1.56. The standard InChI is InChI=1S/C27H25N3O5S/c1-20-13-15-21(16-14-20)30(36(33,34)23-9-3-2-4-10-23)19-26(31)29-25-12-6-5-11-24(25)27(32)28-18-22-8-7-17-35-22/h2-17H,18-19H2,1H3,(H,28,32)(H,29,31). The number of carbonyl (C=O) groups excluding carboxylic acids is 2. The first-order chi connectivity index (χ1) is 17.3. The van der Waals surface area contributed by atoms with Crippen LogP contribution in [-0.4, -0.2) is 26.8 Å². The zero-order chi connectivity index (χ0) is 25.5. The molecular weight excluding hydrogens is 478 g/mol. The van der Waals surface area contributed by atoms with Gasteiger partial charge in [-0.15, -0.1) is 0 Å². The number of para-hydroxylation sites is 1. The first-order valence-corrected chi connectivity index (χ1v) is 12.6. The van der Waals surface area contributed by atoms with Crippen LogP contribution in [0.1, 0.15) is 21.7 Å². The number of hydrogen-bond acceptors (Lipinski definition) is 5. The maximum absolute atomic E-state index is 13.5. The summed E-state index contributed by atoms with van der Waals surface area (Å²) in [5.74, 6) is -0.416. The second-order valence-corrected chi connectivity index (χ2v) is 9.88. The van der Waals surface area contributed by atoms with Gasteiger partial charge >= 0.3 is 0 Å². The zero-order valence-corrected chi connectivity index (χ0v) is 20.4. The Morgan fingerprint density at radius 1 is 0.861 bits per heavy atom. The number of nitrogens with one attached hydrogen (secondary N) is 2. The molecule has 8 nitrogen and oxygen atoms in total. The molecule has 0 aliphatic rings. The molecule has 0 saturated heterocycles. The van der Waals surface area contributed by atoms with Gasteiger partial charge in [0.1, 0.15) is 12.3 Å². The molecular formula is C27H25N3O5S. The lowest BCUT2D eigenvalue weighted by Gasteiger charge is -2.24. The number of amides is 2. The highest BCUT2D eigenvalue weighted by Gasteiger charge is 2.27. The molecule has 184 valence electrons. The van der Waals surface area contributed by atoms with Gasteiger partial charge in [-0.2, -0.15) is 0 Å². The maximum atomic E-state index is 13.5. The molecule has 0 aliphatic carbocycles. The summed E-state index contributed by atoms with van der Waals surface area (Å²) in [6.07, 6.45) is 1.51. The van der Waals surface area contributed by atoms with Gasteiger partial charge in [-0.05, 0) is 55.5 Å². The van der Waals surface area contributed by atoms with Gasteiger partial charge < -0.3 is 15.1 Å². The second-order valence-electron chi connectivity index (χ2n) is 8.02. The average Bonchev–Trinajstić information content (AvgIpc) is 3.41. The Morgan fingerprint density at radius 2 is 1.56 bits per heavy atom. The molecule has 4 rings (SSSR count). The van der Waals surface area contributed by atoms with Crippen LogP contribution >= 0.6 is 0 Å². The summed E-state index contributed by atoms with van der Waals surface area (Å²) in [7, 11) is -4.03. The predicted molar refractivity (Wildman–Crippen MR) is 137 cm³/mol. The Bertz CT molecular complexity index is 1430. The number of rotatable bonds is 9. The van der Waals surface area contributed by atoms with Crippen molar-refractivity contribution in [1.82, 2.24) is 5.32 Å². The van der Waals surface area contributed by atoms with Gasteiger partial charge in [0.2, 0.25) is 5.91 Å². The molecule has 0 bridgehead atoms. The molecule has 2 amide bonds. The highest BCUT2D eigenvalue weighted by Crippen LogP contribution is 2.24. The second kappa shape index (κ2) is 10.9. The van der Waals surface area contributed by atoms with Gasteiger partial charge in [0.25, 0.3) is 15.9 Å². The van der Waals surface area contributed by atoms with Gasteiger partial charge in [0.15, 0.2) is 0 Å². The molecule has 0 saturated carbocycles. The highest BCUT2D eigenvalue weighted by molar-refractivity contribution is 7.92. The van der Waals surface area contributed by atoms with Crippen molar-refractivity contribution in [2.45, 2.75) is 18.4 Å². The first kappa shape index (κ1) is 24.7. The number of sulfonamides is 1. The maximum Gasteiger partial charge on any atom is 0.264 e. The van der Waals surface area contributed by atoms with Gasteiger partial charge in [-0.25, -0.2) is 8.42 Å². The number of hydrogen-bond donors (Lipinski definition) is 2. The van der Waals surface area contributed by atoms with E-state index < -0.39 is 28.4 Å². The molecule has 0 fully saturated rings. The fourth-order valence-electron chi connectivity index (χ4n) is 3.53. The van der Waals surface area contributed by atoms with Gasteiger partial charge in [-0.3, -0.25) is 13.9 Å². The van der Waals surface area contributed by atoms with E-state index in [1.807, 2.05) is 6.92 Å². The summed E-state index contributed by atoms with van der Waals surface area (Å²) in [6.45, 7) is 1.59. The van der Waals surface area contributed by atoms with Crippen molar-refractivity contribution in [3.8, 4) is 0 Å². The number of benzene rings is 3. The lowest BCUT2D eigenvalue weighted by molar-refractivity contribution is -0.114. The number of anilines is 2. The van der Waals surface area contributed by atoms with Crippen molar-refractivity contribution >= 4 is 33.2 Å². The lowest BCUT2D eigenvalue weighted by Crippen LogP contribution is -2.38. The molecule has 0 spiro atoms. The molecule has 9 heteroatoms. The third-order valence-corrected chi connectivity index (χ3v) is 7.18. The minimum absolute atomic E-state index is 0.0658. The van der Waals surface area contributed by atoms with Crippen LogP contribution in [0.4, 0.5) is 11.4 Å². The van der Waals surface area contributed by atoms with Crippen molar-refractivity contribution < 1.29 is 22.4 Å². The summed E-state index contributed by atoms with van der Waals surface area (Å²) >= 11 is 0. The monoisotopic (exact) mass is 503 g/mol.